The fourth-order valence-corrected chi connectivity index (χ4v) is 1.11. The zero-order chi connectivity index (χ0) is 13.4. The Morgan fingerprint density at radius 3 is 3.17 bits per heavy atom. The van der Waals surface area contributed by atoms with Crippen molar-refractivity contribution in [2.45, 2.75) is 6.42 Å². The van der Waals surface area contributed by atoms with E-state index in [0.717, 1.165) is 0 Å². The van der Waals surface area contributed by atoms with Crippen molar-refractivity contribution in [1.82, 2.24) is 4.98 Å². The quantitative estimate of drug-likeness (QED) is 0.217. The van der Waals surface area contributed by atoms with Crippen molar-refractivity contribution in [2.75, 3.05) is 19.4 Å². The average molecular weight is 245 g/mol. The van der Waals surface area contributed by atoms with Crippen LogP contribution >= 0.6 is 0 Å². The number of carbonyl (C=O) groups excluding carboxylic acids is 1. The summed E-state index contributed by atoms with van der Waals surface area (Å²) in [5, 5.41) is 3.34. The summed E-state index contributed by atoms with van der Waals surface area (Å²) in [5.41, 5.74) is 14.4. The predicted molar refractivity (Wildman–Crippen MR) is 65.5 cm³/mol. The van der Waals surface area contributed by atoms with Gasteiger partial charge in [0.25, 0.3) is 0 Å². The molecule has 1 aromatic heterocycles. The van der Waals surface area contributed by atoms with Gasteiger partial charge in [0.05, 0.1) is 18.2 Å². The Labute approximate surface area is 104 Å². The number of hydrogen-bond acceptors (Lipinski definition) is 5. The summed E-state index contributed by atoms with van der Waals surface area (Å²) in [6.45, 7) is 0.285. The van der Waals surface area contributed by atoms with Crippen LogP contribution in [-0.2, 0) is 4.74 Å². The predicted octanol–water partition coefficient (Wildman–Crippen LogP) is 1.50. The molecule has 0 spiro atoms. The van der Waals surface area contributed by atoms with Gasteiger partial charge in [-0.25, -0.2) is 9.78 Å². The number of carbonyl (C=O) groups is 1. The molecule has 0 amide bonds. The van der Waals surface area contributed by atoms with Crippen LogP contribution in [0.25, 0.3) is 10.4 Å². The molecule has 1 rings (SSSR count). The third kappa shape index (κ3) is 3.70. The number of azide groups is 1. The number of hydrogen-bond donors (Lipinski definition) is 1. The lowest BCUT2D eigenvalue weighted by Crippen LogP contribution is -2.04. The third-order valence-electron chi connectivity index (χ3n) is 1.96. The lowest BCUT2D eigenvalue weighted by molar-refractivity contribution is 0.0600. The molecule has 0 unspecified atom stereocenters. The van der Waals surface area contributed by atoms with Crippen LogP contribution < -0.4 is 5.73 Å². The third-order valence-corrected chi connectivity index (χ3v) is 1.96. The van der Waals surface area contributed by atoms with Crippen LogP contribution in [0, 0.1) is 11.8 Å². The van der Waals surface area contributed by atoms with Gasteiger partial charge in [0.1, 0.15) is 5.82 Å². The van der Waals surface area contributed by atoms with E-state index in [1.165, 1.54) is 19.4 Å². The van der Waals surface area contributed by atoms with Gasteiger partial charge in [-0.1, -0.05) is 17.0 Å². The van der Waals surface area contributed by atoms with Crippen molar-refractivity contribution in [1.29, 1.82) is 0 Å². The Morgan fingerprint density at radius 1 is 1.72 bits per heavy atom. The summed E-state index contributed by atoms with van der Waals surface area (Å²) in [6, 6.07) is 1.51. The Bertz CT molecular complexity index is 552. The molecule has 0 atom stereocenters. The monoisotopic (exact) mass is 245 g/mol. The lowest BCUT2D eigenvalue weighted by Gasteiger charge is -2.01. The Kier molecular flexibility index (Phi) is 5.03. The highest BCUT2D eigenvalue weighted by Gasteiger charge is 2.08. The highest BCUT2D eigenvalue weighted by atomic mass is 16.5. The first-order chi connectivity index (χ1) is 8.69. The van der Waals surface area contributed by atoms with Gasteiger partial charge in [0.2, 0.25) is 0 Å². The van der Waals surface area contributed by atoms with E-state index in [1.807, 2.05) is 0 Å². The minimum absolute atomic E-state index is 0.235. The number of nitrogens with two attached hydrogens (primary N) is 1. The number of pyridine rings is 1. The maximum atomic E-state index is 11.3. The molecule has 0 saturated heterocycles. The second-order valence-electron chi connectivity index (χ2n) is 3.15. The van der Waals surface area contributed by atoms with Crippen LogP contribution in [0.1, 0.15) is 22.3 Å². The van der Waals surface area contributed by atoms with Gasteiger partial charge in [0.15, 0.2) is 0 Å². The molecule has 1 aromatic rings. The van der Waals surface area contributed by atoms with Gasteiger partial charge in [-0.05, 0) is 11.6 Å². The highest BCUT2D eigenvalue weighted by Crippen LogP contribution is 2.10. The Hall–Kier alpha value is -2.71. The summed E-state index contributed by atoms with van der Waals surface area (Å²) in [7, 11) is 1.28. The van der Waals surface area contributed by atoms with Crippen molar-refractivity contribution in [2.24, 2.45) is 5.11 Å². The number of ether oxygens (including phenoxy) is 1. The van der Waals surface area contributed by atoms with Gasteiger partial charge in [0, 0.05) is 24.1 Å². The first kappa shape index (κ1) is 13.4. The van der Waals surface area contributed by atoms with Crippen LogP contribution in [0.15, 0.2) is 17.4 Å². The number of anilines is 1. The molecule has 7 nitrogen and oxygen atoms in total. The molecular formula is C11H11N5O2. The number of methoxy groups -OCH3 is 1. The molecule has 1 heterocycles. The van der Waals surface area contributed by atoms with E-state index in [9.17, 15) is 4.79 Å². The van der Waals surface area contributed by atoms with E-state index in [4.69, 9.17) is 11.3 Å². The van der Waals surface area contributed by atoms with E-state index in [1.54, 1.807) is 0 Å². The summed E-state index contributed by atoms with van der Waals surface area (Å²) in [5.74, 6) is 5.27. The number of esters is 1. The van der Waals surface area contributed by atoms with E-state index >= 15 is 0 Å². The average Bonchev–Trinajstić information content (AvgIpc) is 2.39. The molecule has 0 radical (unpaired) electrons. The molecule has 92 valence electrons. The Balaban J connectivity index is 2.87. The van der Waals surface area contributed by atoms with Crippen LogP contribution in [0.3, 0.4) is 0 Å². The minimum Gasteiger partial charge on any atom is -0.465 e. The SMILES string of the molecule is COC(=O)c1cnc(N)c(C#CCCN=[N+]=[N-])c1. The van der Waals surface area contributed by atoms with Crippen LogP contribution in [0.5, 0.6) is 0 Å². The molecule has 0 bridgehead atoms. The molecule has 0 fully saturated rings. The van der Waals surface area contributed by atoms with Crippen LogP contribution in [-0.4, -0.2) is 24.6 Å². The van der Waals surface area contributed by atoms with Gasteiger partial charge < -0.3 is 10.5 Å². The zero-order valence-electron chi connectivity index (χ0n) is 9.75. The number of aromatic nitrogens is 1. The van der Waals surface area contributed by atoms with Crippen LogP contribution in [0.4, 0.5) is 5.82 Å². The van der Waals surface area contributed by atoms with E-state index in [0.29, 0.717) is 12.0 Å². The summed E-state index contributed by atoms with van der Waals surface area (Å²) in [6.07, 6.45) is 1.73. The molecular weight excluding hydrogens is 234 g/mol. The summed E-state index contributed by atoms with van der Waals surface area (Å²) >= 11 is 0. The lowest BCUT2D eigenvalue weighted by atomic mass is 10.2. The summed E-state index contributed by atoms with van der Waals surface area (Å²) in [4.78, 5) is 17.7. The highest BCUT2D eigenvalue weighted by molar-refractivity contribution is 5.89. The molecule has 0 aliphatic rings. The zero-order valence-corrected chi connectivity index (χ0v) is 9.75. The standard InChI is InChI=1S/C11H11N5O2/c1-18-11(17)9-6-8(10(12)14-7-9)4-2-3-5-15-16-13/h6-7H,3,5H2,1H3,(H2,12,14). The number of nitrogen functional groups attached to an aromatic ring is 1. The molecule has 0 saturated carbocycles. The fourth-order valence-electron chi connectivity index (χ4n) is 1.11. The maximum absolute atomic E-state index is 11.3. The van der Waals surface area contributed by atoms with Crippen LogP contribution in [0.2, 0.25) is 0 Å². The Morgan fingerprint density at radius 2 is 2.50 bits per heavy atom. The maximum Gasteiger partial charge on any atom is 0.339 e. The van der Waals surface area contributed by atoms with Crippen molar-refractivity contribution < 1.29 is 9.53 Å². The summed E-state index contributed by atoms with van der Waals surface area (Å²) < 4.78 is 4.57. The van der Waals surface area contributed by atoms with Crippen molar-refractivity contribution >= 4 is 11.8 Å². The molecule has 0 aliphatic carbocycles. The van der Waals surface area contributed by atoms with E-state index in [-0.39, 0.29) is 17.9 Å². The van der Waals surface area contributed by atoms with Crippen molar-refractivity contribution in [3.05, 3.63) is 33.8 Å². The van der Waals surface area contributed by atoms with Gasteiger partial charge in [-0.2, -0.15) is 0 Å². The topological polar surface area (TPSA) is 114 Å². The first-order valence-electron chi connectivity index (χ1n) is 5.02. The fraction of sp³-hybridized carbons (Fsp3) is 0.273. The number of rotatable bonds is 3. The first-order valence-corrected chi connectivity index (χ1v) is 5.02. The molecule has 2 N–H and O–H groups in total. The normalized spacial score (nSPS) is 8.72. The van der Waals surface area contributed by atoms with Gasteiger partial charge >= 0.3 is 5.97 Å². The molecule has 18 heavy (non-hydrogen) atoms. The van der Waals surface area contributed by atoms with Crippen molar-refractivity contribution in [3.8, 4) is 11.8 Å². The van der Waals surface area contributed by atoms with Gasteiger partial charge in [-0.15, -0.1) is 0 Å². The molecule has 0 aromatic carbocycles. The second-order valence-corrected chi connectivity index (χ2v) is 3.15. The second kappa shape index (κ2) is 6.78. The van der Waals surface area contributed by atoms with E-state index < -0.39 is 5.97 Å². The largest absolute Gasteiger partial charge is 0.465 e. The smallest absolute Gasteiger partial charge is 0.339 e. The molecule has 0 aliphatic heterocycles. The van der Waals surface area contributed by atoms with Crippen molar-refractivity contribution in [3.63, 3.8) is 0 Å². The van der Waals surface area contributed by atoms with Gasteiger partial charge in [-0.3, -0.25) is 0 Å². The minimum atomic E-state index is -0.500. The number of nitrogens with zero attached hydrogens (tertiary/aromatic N) is 4. The van der Waals surface area contributed by atoms with E-state index in [2.05, 4.69) is 31.6 Å². The molecule has 7 heteroatoms.